The Balaban J connectivity index is 2.37. The standard InChI is InChI=1S/C16H18Cl2N4/c1-9-11(14(19)22-15(20)21-9)6-7-16(2,3)10-4-5-12(17)13(18)8-10/h4-8H,1-3H3,(H4,19,20,21,22). The highest BCUT2D eigenvalue weighted by Crippen LogP contribution is 2.31. The maximum Gasteiger partial charge on any atom is 0.222 e. The maximum absolute atomic E-state index is 6.09. The molecule has 0 aliphatic carbocycles. The van der Waals surface area contributed by atoms with E-state index in [4.69, 9.17) is 34.7 Å². The van der Waals surface area contributed by atoms with E-state index >= 15 is 0 Å². The Morgan fingerprint density at radius 2 is 1.77 bits per heavy atom. The van der Waals surface area contributed by atoms with Crippen LogP contribution in [0.2, 0.25) is 10.0 Å². The summed E-state index contributed by atoms with van der Waals surface area (Å²) in [4.78, 5) is 8.12. The zero-order valence-electron chi connectivity index (χ0n) is 12.7. The highest BCUT2D eigenvalue weighted by Gasteiger charge is 2.18. The van der Waals surface area contributed by atoms with Crippen LogP contribution in [0.4, 0.5) is 11.8 Å². The van der Waals surface area contributed by atoms with Crippen molar-refractivity contribution in [3.8, 4) is 0 Å². The molecule has 1 aromatic heterocycles. The van der Waals surface area contributed by atoms with Crippen molar-refractivity contribution in [3.63, 3.8) is 0 Å². The molecule has 1 aromatic carbocycles. The molecule has 0 atom stereocenters. The SMILES string of the molecule is Cc1nc(N)nc(N)c1C=CC(C)(C)c1ccc(Cl)c(Cl)c1. The van der Waals surface area contributed by atoms with E-state index in [1.165, 1.54) is 0 Å². The molecule has 0 saturated carbocycles. The summed E-state index contributed by atoms with van der Waals surface area (Å²) in [5, 5.41) is 1.07. The number of aryl methyl sites for hydroxylation is 1. The largest absolute Gasteiger partial charge is 0.383 e. The summed E-state index contributed by atoms with van der Waals surface area (Å²) in [6.07, 6.45) is 3.94. The fourth-order valence-electron chi connectivity index (χ4n) is 2.12. The van der Waals surface area contributed by atoms with Crippen LogP contribution in [-0.4, -0.2) is 9.97 Å². The average Bonchev–Trinajstić information content (AvgIpc) is 2.40. The van der Waals surface area contributed by atoms with Crippen LogP contribution in [0.25, 0.3) is 6.08 Å². The van der Waals surface area contributed by atoms with Crippen molar-refractivity contribution in [3.05, 3.63) is 51.1 Å². The lowest BCUT2D eigenvalue weighted by Gasteiger charge is -2.21. The Labute approximate surface area is 140 Å². The molecule has 6 heteroatoms. The van der Waals surface area contributed by atoms with Crippen molar-refractivity contribution in [2.45, 2.75) is 26.2 Å². The van der Waals surface area contributed by atoms with Crippen molar-refractivity contribution >= 4 is 41.0 Å². The molecule has 0 aliphatic rings. The molecule has 1 heterocycles. The normalized spacial score (nSPS) is 12.0. The lowest BCUT2D eigenvalue weighted by Crippen LogP contribution is -2.13. The van der Waals surface area contributed by atoms with Gasteiger partial charge in [-0.2, -0.15) is 4.98 Å². The van der Waals surface area contributed by atoms with Gasteiger partial charge in [0.25, 0.3) is 0 Å². The molecule has 0 spiro atoms. The molecule has 116 valence electrons. The summed E-state index contributed by atoms with van der Waals surface area (Å²) in [5.74, 6) is 0.544. The minimum Gasteiger partial charge on any atom is -0.383 e. The molecular weight excluding hydrogens is 319 g/mol. The van der Waals surface area contributed by atoms with Crippen LogP contribution in [0.3, 0.4) is 0 Å². The van der Waals surface area contributed by atoms with Crippen molar-refractivity contribution in [1.82, 2.24) is 9.97 Å². The van der Waals surface area contributed by atoms with Crippen LogP contribution in [0.1, 0.15) is 30.7 Å². The number of hydrogen-bond acceptors (Lipinski definition) is 4. The summed E-state index contributed by atoms with van der Waals surface area (Å²) < 4.78 is 0. The van der Waals surface area contributed by atoms with Crippen molar-refractivity contribution in [2.75, 3.05) is 11.5 Å². The number of nitrogens with zero attached hydrogens (tertiary/aromatic N) is 2. The predicted molar refractivity (Wildman–Crippen MR) is 94.1 cm³/mol. The number of anilines is 2. The van der Waals surface area contributed by atoms with Gasteiger partial charge >= 0.3 is 0 Å². The number of hydrogen-bond donors (Lipinski definition) is 2. The molecule has 0 fully saturated rings. The predicted octanol–water partition coefficient (Wildman–Crippen LogP) is 4.25. The van der Waals surface area contributed by atoms with Gasteiger partial charge in [-0.1, -0.05) is 55.3 Å². The summed E-state index contributed by atoms with van der Waals surface area (Å²) in [6.45, 7) is 6.00. The van der Waals surface area contributed by atoms with E-state index in [0.29, 0.717) is 15.9 Å². The number of rotatable bonds is 3. The molecule has 2 rings (SSSR count). The van der Waals surface area contributed by atoms with E-state index in [2.05, 4.69) is 23.8 Å². The molecule has 4 nitrogen and oxygen atoms in total. The van der Waals surface area contributed by atoms with Crippen molar-refractivity contribution in [2.24, 2.45) is 0 Å². The Kier molecular flexibility index (Phi) is 4.63. The Morgan fingerprint density at radius 3 is 2.36 bits per heavy atom. The molecule has 0 saturated heterocycles. The highest BCUT2D eigenvalue weighted by molar-refractivity contribution is 6.42. The molecule has 22 heavy (non-hydrogen) atoms. The lowest BCUT2D eigenvalue weighted by atomic mass is 9.84. The molecule has 0 unspecified atom stereocenters. The topological polar surface area (TPSA) is 77.8 Å². The number of nitrogens with two attached hydrogens (primary N) is 2. The van der Waals surface area contributed by atoms with Gasteiger partial charge in [0.1, 0.15) is 5.82 Å². The lowest BCUT2D eigenvalue weighted by molar-refractivity contribution is 0.673. The molecule has 0 amide bonds. The molecular formula is C16H18Cl2N4. The smallest absolute Gasteiger partial charge is 0.222 e. The summed E-state index contributed by atoms with van der Waals surface area (Å²) in [5.41, 5.74) is 13.8. The Bertz CT molecular complexity index is 716. The minimum atomic E-state index is -0.255. The third-order valence-electron chi connectivity index (χ3n) is 3.51. The highest BCUT2D eigenvalue weighted by atomic mass is 35.5. The van der Waals surface area contributed by atoms with Gasteiger partial charge in [0.15, 0.2) is 0 Å². The second-order valence-corrected chi connectivity index (χ2v) is 6.46. The summed E-state index contributed by atoms with van der Waals surface area (Å²) in [7, 11) is 0. The minimum absolute atomic E-state index is 0.177. The van der Waals surface area contributed by atoms with Crippen LogP contribution < -0.4 is 11.5 Å². The molecule has 2 aromatic rings. The van der Waals surface area contributed by atoms with Crippen LogP contribution in [0, 0.1) is 6.92 Å². The number of halogens is 2. The van der Waals surface area contributed by atoms with Gasteiger partial charge in [-0.25, -0.2) is 4.98 Å². The Morgan fingerprint density at radius 1 is 1.09 bits per heavy atom. The van der Waals surface area contributed by atoms with E-state index < -0.39 is 0 Å². The van der Waals surface area contributed by atoms with E-state index in [1.807, 2.05) is 31.2 Å². The molecule has 0 aliphatic heterocycles. The van der Waals surface area contributed by atoms with Gasteiger partial charge in [0.2, 0.25) is 5.95 Å². The van der Waals surface area contributed by atoms with Crippen LogP contribution >= 0.6 is 23.2 Å². The van der Waals surface area contributed by atoms with Crippen molar-refractivity contribution in [1.29, 1.82) is 0 Å². The third kappa shape index (κ3) is 3.51. The van der Waals surface area contributed by atoms with Gasteiger partial charge in [-0.15, -0.1) is 0 Å². The third-order valence-corrected chi connectivity index (χ3v) is 4.25. The van der Waals surface area contributed by atoms with Crippen LogP contribution in [-0.2, 0) is 5.41 Å². The molecule has 4 N–H and O–H groups in total. The first-order valence-corrected chi connectivity index (χ1v) is 7.50. The maximum atomic E-state index is 6.09. The first-order valence-electron chi connectivity index (χ1n) is 6.75. The fourth-order valence-corrected chi connectivity index (χ4v) is 2.41. The van der Waals surface area contributed by atoms with E-state index in [0.717, 1.165) is 16.8 Å². The van der Waals surface area contributed by atoms with Gasteiger partial charge in [-0.3, -0.25) is 0 Å². The quantitative estimate of drug-likeness (QED) is 0.878. The van der Waals surface area contributed by atoms with Gasteiger partial charge < -0.3 is 11.5 Å². The van der Waals surface area contributed by atoms with E-state index in [9.17, 15) is 0 Å². The second-order valence-electron chi connectivity index (χ2n) is 5.65. The zero-order valence-corrected chi connectivity index (χ0v) is 14.2. The van der Waals surface area contributed by atoms with Crippen LogP contribution in [0.15, 0.2) is 24.3 Å². The van der Waals surface area contributed by atoms with E-state index in [1.54, 1.807) is 6.07 Å². The van der Waals surface area contributed by atoms with Gasteiger partial charge in [0.05, 0.1) is 15.7 Å². The van der Waals surface area contributed by atoms with Gasteiger partial charge in [-0.05, 0) is 24.6 Å². The van der Waals surface area contributed by atoms with Crippen LogP contribution in [0.5, 0.6) is 0 Å². The van der Waals surface area contributed by atoms with E-state index in [-0.39, 0.29) is 11.4 Å². The first-order chi connectivity index (χ1) is 10.2. The Hall–Kier alpha value is -1.78. The summed E-state index contributed by atoms with van der Waals surface area (Å²) in [6, 6.07) is 5.61. The molecule has 0 bridgehead atoms. The number of aromatic nitrogens is 2. The molecule has 0 radical (unpaired) electrons. The number of nitrogen functional groups attached to an aromatic ring is 2. The zero-order chi connectivity index (χ0) is 16.5. The first kappa shape index (κ1) is 16.6. The monoisotopic (exact) mass is 336 g/mol. The average molecular weight is 337 g/mol. The van der Waals surface area contributed by atoms with Crippen molar-refractivity contribution < 1.29 is 0 Å². The van der Waals surface area contributed by atoms with Gasteiger partial charge in [0, 0.05) is 11.0 Å². The number of allylic oxidation sites excluding steroid dienone is 1. The number of benzene rings is 1. The fraction of sp³-hybridized carbons (Fsp3) is 0.250. The second kappa shape index (κ2) is 6.15. The summed E-state index contributed by atoms with van der Waals surface area (Å²) >= 11 is 12.1.